The van der Waals surface area contributed by atoms with Gasteiger partial charge in [0, 0.05) is 31.9 Å². The lowest BCUT2D eigenvalue weighted by molar-refractivity contribution is 0.0678. The number of nitrogens with one attached hydrogen (secondary N) is 1. The molecule has 1 N–H and O–H groups in total. The van der Waals surface area contributed by atoms with Crippen LogP contribution in [0.25, 0.3) is 0 Å². The lowest BCUT2D eigenvalue weighted by Crippen LogP contribution is -2.26. The van der Waals surface area contributed by atoms with Crippen LogP contribution in [0.4, 0.5) is 11.4 Å². The molecule has 0 saturated carbocycles. The quantitative estimate of drug-likeness (QED) is 0.615. The summed E-state index contributed by atoms with van der Waals surface area (Å²) in [5, 5.41) is 6.06. The fourth-order valence-electron chi connectivity index (χ4n) is 3.62. The highest BCUT2D eigenvalue weighted by Gasteiger charge is 2.34. The van der Waals surface area contributed by atoms with E-state index in [9.17, 15) is 13.2 Å². The zero-order valence-electron chi connectivity index (χ0n) is 18.0. The Morgan fingerprint density at radius 2 is 1.88 bits per heavy atom. The molecule has 0 spiro atoms. The fraction of sp³-hybridized carbons (Fsp3) is 0.217. The monoisotopic (exact) mass is 452 g/mol. The number of carbonyl (C=O) groups is 1. The van der Waals surface area contributed by atoms with E-state index in [-0.39, 0.29) is 17.7 Å². The van der Waals surface area contributed by atoms with E-state index in [0.29, 0.717) is 17.8 Å². The van der Waals surface area contributed by atoms with Crippen LogP contribution in [-0.2, 0) is 10.0 Å². The van der Waals surface area contributed by atoms with Crippen LogP contribution in [0.15, 0.2) is 76.4 Å². The van der Waals surface area contributed by atoms with Crippen LogP contribution in [0, 0.1) is 0 Å². The topological polar surface area (TPSA) is 95.2 Å². The normalized spacial score (nSPS) is 16.0. The van der Waals surface area contributed by atoms with Crippen molar-refractivity contribution < 1.29 is 17.6 Å². The summed E-state index contributed by atoms with van der Waals surface area (Å²) in [5.74, 6) is -0.130. The maximum Gasteiger partial charge on any atom is 0.310 e. The summed E-state index contributed by atoms with van der Waals surface area (Å²) in [4.78, 5) is 15.1. The second-order valence-electron chi connectivity index (χ2n) is 7.83. The molecule has 0 fully saturated rings. The summed E-state index contributed by atoms with van der Waals surface area (Å²) in [6.45, 7) is 0. The molecular formula is C23H24N4O4S. The van der Waals surface area contributed by atoms with E-state index in [4.69, 9.17) is 4.42 Å². The Morgan fingerprint density at radius 3 is 2.50 bits per heavy atom. The van der Waals surface area contributed by atoms with Crippen LogP contribution in [0.2, 0.25) is 0 Å². The van der Waals surface area contributed by atoms with E-state index in [0.717, 1.165) is 23.1 Å². The van der Waals surface area contributed by atoms with Crippen molar-refractivity contribution in [3.8, 4) is 0 Å². The SMILES string of the molecule is CN(C)c1ccc([C@@H]2CC(c3cccc(NS(C)(=O)=O)c3)=NN2C(=O)c2ccco2)cc1. The van der Waals surface area contributed by atoms with Crippen molar-refractivity contribution in [2.45, 2.75) is 12.5 Å². The molecule has 0 unspecified atom stereocenters. The summed E-state index contributed by atoms with van der Waals surface area (Å²) >= 11 is 0. The highest BCUT2D eigenvalue weighted by atomic mass is 32.2. The minimum absolute atomic E-state index is 0.206. The molecule has 32 heavy (non-hydrogen) atoms. The predicted molar refractivity (Wildman–Crippen MR) is 124 cm³/mol. The molecule has 1 atom stereocenters. The number of hydrazone groups is 1. The molecule has 1 aromatic heterocycles. The van der Waals surface area contributed by atoms with Gasteiger partial charge in [-0.05, 0) is 47.5 Å². The molecule has 0 radical (unpaired) electrons. The first-order valence-electron chi connectivity index (χ1n) is 10.0. The van der Waals surface area contributed by atoms with Gasteiger partial charge in [0.25, 0.3) is 0 Å². The molecule has 2 heterocycles. The van der Waals surface area contributed by atoms with E-state index in [1.165, 1.54) is 11.3 Å². The Hall–Kier alpha value is -3.59. The first kappa shape index (κ1) is 21.6. The molecule has 2 aromatic carbocycles. The summed E-state index contributed by atoms with van der Waals surface area (Å²) < 4.78 is 31.0. The average molecular weight is 453 g/mol. The van der Waals surface area contributed by atoms with Crippen LogP contribution in [0.3, 0.4) is 0 Å². The third kappa shape index (κ3) is 4.67. The second kappa shape index (κ2) is 8.51. The summed E-state index contributed by atoms with van der Waals surface area (Å²) in [6, 6.07) is 17.9. The first-order valence-corrected chi connectivity index (χ1v) is 11.9. The van der Waals surface area contributed by atoms with Crippen LogP contribution in [0.1, 0.15) is 34.1 Å². The third-order valence-electron chi connectivity index (χ3n) is 5.14. The number of carbonyl (C=O) groups excluding carboxylic acids is 1. The van der Waals surface area contributed by atoms with Gasteiger partial charge in [-0.15, -0.1) is 0 Å². The molecule has 9 heteroatoms. The van der Waals surface area contributed by atoms with Gasteiger partial charge >= 0.3 is 5.91 Å². The van der Waals surface area contributed by atoms with Gasteiger partial charge in [-0.2, -0.15) is 5.10 Å². The molecule has 4 rings (SSSR count). The fourth-order valence-corrected chi connectivity index (χ4v) is 4.17. The Balaban J connectivity index is 1.69. The Morgan fingerprint density at radius 1 is 1.12 bits per heavy atom. The third-order valence-corrected chi connectivity index (χ3v) is 5.75. The van der Waals surface area contributed by atoms with Gasteiger partial charge in [0.05, 0.1) is 24.3 Å². The Kier molecular flexibility index (Phi) is 5.75. The van der Waals surface area contributed by atoms with Crippen LogP contribution >= 0.6 is 0 Å². The van der Waals surface area contributed by atoms with Gasteiger partial charge < -0.3 is 9.32 Å². The lowest BCUT2D eigenvalue weighted by Gasteiger charge is -2.22. The van der Waals surface area contributed by atoms with Crippen molar-refractivity contribution in [3.63, 3.8) is 0 Å². The number of nitrogens with zero attached hydrogens (tertiary/aromatic N) is 3. The number of anilines is 2. The number of amides is 1. The summed E-state index contributed by atoms with van der Waals surface area (Å²) in [5.41, 5.74) is 3.86. The summed E-state index contributed by atoms with van der Waals surface area (Å²) in [6.07, 6.45) is 3.04. The van der Waals surface area contributed by atoms with Crippen molar-refractivity contribution in [3.05, 3.63) is 83.8 Å². The number of hydrogen-bond acceptors (Lipinski definition) is 6. The zero-order chi connectivity index (χ0) is 22.9. The number of benzene rings is 2. The lowest BCUT2D eigenvalue weighted by atomic mass is 9.98. The smallest absolute Gasteiger partial charge is 0.310 e. The van der Waals surface area contributed by atoms with Crippen molar-refractivity contribution in [1.82, 2.24) is 5.01 Å². The van der Waals surface area contributed by atoms with Gasteiger partial charge in [0.1, 0.15) is 0 Å². The van der Waals surface area contributed by atoms with Gasteiger partial charge in [-0.25, -0.2) is 13.4 Å². The van der Waals surface area contributed by atoms with Gasteiger partial charge in [-0.1, -0.05) is 24.3 Å². The minimum Gasteiger partial charge on any atom is -0.459 e. The van der Waals surface area contributed by atoms with Gasteiger partial charge in [-0.3, -0.25) is 9.52 Å². The van der Waals surface area contributed by atoms with Crippen molar-refractivity contribution in [2.75, 3.05) is 30.0 Å². The predicted octanol–water partition coefficient (Wildman–Crippen LogP) is 3.71. The van der Waals surface area contributed by atoms with Crippen molar-refractivity contribution >= 4 is 33.0 Å². The molecule has 0 aliphatic carbocycles. The van der Waals surface area contributed by atoms with E-state index in [1.54, 1.807) is 30.3 Å². The Bertz CT molecular complexity index is 1250. The molecule has 1 aliphatic heterocycles. The molecule has 8 nitrogen and oxygen atoms in total. The molecule has 3 aromatic rings. The van der Waals surface area contributed by atoms with Crippen molar-refractivity contribution in [2.24, 2.45) is 5.10 Å². The van der Waals surface area contributed by atoms with Crippen LogP contribution in [0.5, 0.6) is 0 Å². The number of furan rings is 1. The molecule has 0 bridgehead atoms. The van der Waals surface area contributed by atoms with E-state index < -0.39 is 10.0 Å². The van der Waals surface area contributed by atoms with Crippen LogP contribution in [-0.4, -0.2) is 45.4 Å². The first-order chi connectivity index (χ1) is 15.2. The number of hydrogen-bond donors (Lipinski definition) is 1. The number of rotatable bonds is 6. The molecule has 1 amide bonds. The maximum absolute atomic E-state index is 13.1. The van der Waals surface area contributed by atoms with Gasteiger partial charge in [0.15, 0.2) is 5.76 Å². The largest absolute Gasteiger partial charge is 0.459 e. The molecule has 0 saturated heterocycles. The Labute approximate surface area is 187 Å². The molecule has 166 valence electrons. The van der Waals surface area contributed by atoms with Crippen molar-refractivity contribution in [1.29, 1.82) is 0 Å². The second-order valence-corrected chi connectivity index (χ2v) is 9.58. The number of sulfonamides is 1. The van der Waals surface area contributed by atoms with E-state index >= 15 is 0 Å². The highest BCUT2D eigenvalue weighted by molar-refractivity contribution is 7.92. The van der Waals surface area contributed by atoms with Crippen LogP contribution < -0.4 is 9.62 Å². The molecule has 1 aliphatic rings. The summed E-state index contributed by atoms with van der Waals surface area (Å²) in [7, 11) is 0.530. The maximum atomic E-state index is 13.1. The minimum atomic E-state index is -3.41. The average Bonchev–Trinajstić information content (AvgIpc) is 3.43. The highest BCUT2D eigenvalue weighted by Crippen LogP contribution is 2.35. The van der Waals surface area contributed by atoms with Gasteiger partial charge in [0.2, 0.25) is 10.0 Å². The standard InChI is InChI=1S/C23H24N4O4S/c1-26(2)19-11-9-16(10-12-19)21-15-20(24-27(21)23(28)22-8-5-13-31-22)17-6-4-7-18(14-17)25-32(3,29)30/h4-14,21,25H,15H2,1-3H3/t21-/m0/s1. The van der Waals surface area contributed by atoms with E-state index in [2.05, 4.69) is 9.82 Å². The van der Waals surface area contributed by atoms with E-state index in [1.807, 2.05) is 49.3 Å². The zero-order valence-corrected chi connectivity index (χ0v) is 18.8. The molecular weight excluding hydrogens is 428 g/mol.